The zero-order valence-corrected chi connectivity index (χ0v) is 14.3. The van der Waals surface area contributed by atoms with Gasteiger partial charge in [0.1, 0.15) is 6.10 Å². The van der Waals surface area contributed by atoms with Gasteiger partial charge in [0.2, 0.25) is 0 Å². The maximum absolute atomic E-state index is 11.3. The van der Waals surface area contributed by atoms with Gasteiger partial charge in [0, 0.05) is 11.4 Å². The zero-order chi connectivity index (χ0) is 17.7. The fraction of sp³-hybridized carbons (Fsp3) is 0.263. The molecule has 1 N–H and O–H groups in total. The number of carboxylic acids is 1. The summed E-state index contributed by atoms with van der Waals surface area (Å²) in [5.74, 6) is -1.28. The summed E-state index contributed by atoms with van der Waals surface area (Å²) >= 11 is 5.99. The molecule has 0 aliphatic carbocycles. The van der Waals surface area contributed by atoms with Gasteiger partial charge in [-0.05, 0) is 42.7 Å². The van der Waals surface area contributed by atoms with Gasteiger partial charge in [-0.1, -0.05) is 48.0 Å². The second kappa shape index (κ2) is 8.08. The SMILES string of the molecule is CC(=O)[C@H](C)O[C@@H](Cc1ccc(-c2cccc(Cl)c2)cc1)C(=O)O. The van der Waals surface area contributed by atoms with Crippen LogP contribution in [0.25, 0.3) is 11.1 Å². The first-order chi connectivity index (χ1) is 11.4. The average Bonchev–Trinajstić information content (AvgIpc) is 2.54. The number of carbonyl (C=O) groups is 2. The predicted molar refractivity (Wildman–Crippen MR) is 93.2 cm³/mol. The van der Waals surface area contributed by atoms with Gasteiger partial charge in [0.15, 0.2) is 11.9 Å². The van der Waals surface area contributed by atoms with Gasteiger partial charge >= 0.3 is 5.97 Å². The molecule has 2 rings (SSSR count). The molecule has 0 aliphatic heterocycles. The molecule has 2 atom stereocenters. The van der Waals surface area contributed by atoms with Crippen LogP contribution in [0.1, 0.15) is 19.4 Å². The summed E-state index contributed by atoms with van der Waals surface area (Å²) < 4.78 is 5.34. The molecule has 2 aromatic rings. The van der Waals surface area contributed by atoms with Crippen molar-refractivity contribution in [3.8, 4) is 11.1 Å². The van der Waals surface area contributed by atoms with Crippen LogP contribution in [-0.4, -0.2) is 29.1 Å². The van der Waals surface area contributed by atoms with E-state index in [2.05, 4.69) is 0 Å². The van der Waals surface area contributed by atoms with Crippen molar-refractivity contribution >= 4 is 23.4 Å². The quantitative estimate of drug-likeness (QED) is 0.823. The Labute approximate surface area is 146 Å². The summed E-state index contributed by atoms with van der Waals surface area (Å²) in [6, 6.07) is 15.0. The van der Waals surface area contributed by atoms with E-state index in [0.29, 0.717) is 5.02 Å². The molecule has 0 saturated carbocycles. The number of aliphatic carboxylic acids is 1. The van der Waals surface area contributed by atoms with Crippen LogP contribution < -0.4 is 0 Å². The highest BCUT2D eigenvalue weighted by Gasteiger charge is 2.23. The molecular formula is C19H19ClO4. The van der Waals surface area contributed by atoms with Crippen molar-refractivity contribution in [2.45, 2.75) is 32.5 Å². The van der Waals surface area contributed by atoms with E-state index in [1.54, 1.807) is 6.92 Å². The van der Waals surface area contributed by atoms with Gasteiger partial charge in [-0.15, -0.1) is 0 Å². The first-order valence-electron chi connectivity index (χ1n) is 7.60. The Hall–Kier alpha value is -2.17. The minimum Gasteiger partial charge on any atom is -0.479 e. The smallest absolute Gasteiger partial charge is 0.333 e. The van der Waals surface area contributed by atoms with Gasteiger partial charge in [-0.2, -0.15) is 0 Å². The highest BCUT2D eigenvalue weighted by atomic mass is 35.5. The first kappa shape index (κ1) is 18.2. The van der Waals surface area contributed by atoms with Crippen molar-refractivity contribution in [2.75, 3.05) is 0 Å². The fourth-order valence-corrected chi connectivity index (χ4v) is 2.44. The molecule has 0 heterocycles. The number of rotatable bonds is 7. The van der Waals surface area contributed by atoms with Crippen LogP contribution in [0.2, 0.25) is 5.02 Å². The third-order valence-electron chi connectivity index (χ3n) is 3.75. The molecule has 5 heteroatoms. The van der Waals surface area contributed by atoms with Crippen LogP contribution in [0, 0.1) is 0 Å². The molecule has 0 spiro atoms. The molecule has 126 valence electrons. The van der Waals surface area contributed by atoms with Gasteiger partial charge < -0.3 is 9.84 Å². The highest BCUT2D eigenvalue weighted by Crippen LogP contribution is 2.23. The number of hydrogen-bond donors (Lipinski definition) is 1. The maximum atomic E-state index is 11.3. The Morgan fingerprint density at radius 2 is 1.79 bits per heavy atom. The summed E-state index contributed by atoms with van der Waals surface area (Å²) in [4.78, 5) is 22.6. The lowest BCUT2D eigenvalue weighted by atomic mass is 10.0. The van der Waals surface area contributed by atoms with Crippen molar-refractivity contribution in [3.05, 3.63) is 59.1 Å². The Bertz CT molecular complexity index is 724. The van der Waals surface area contributed by atoms with Gasteiger partial charge in [-0.3, -0.25) is 4.79 Å². The number of halogens is 1. The molecule has 0 saturated heterocycles. The minimum absolute atomic E-state index is 0.197. The summed E-state index contributed by atoms with van der Waals surface area (Å²) in [6.45, 7) is 2.93. The van der Waals surface area contributed by atoms with E-state index >= 15 is 0 Å². The molecule has 0 radical (unpaired) electrons. The number of Topliss-reactive ketones (excluding diaryl/α,β-unsaturated/α-hetero) is 1. The maximum Gasteiger partial charge on any atom is 0.333 e. The molecule has 0 unspecified atom stereocenters. The van der Waals surface area contributed by atoms with Crippen LogP contribution in [0.3, 0.4) is 0 Å². The Balaban J connectivity index is 2.11. The summed E-state index contributed by atoms with van der Waals surface area (Å²) in [5, 5.41) is 9.94. The standard InChI is InChI=1S/C19H19ClO4/c1-12(21)13(2)24-18(19(22)23)10-14-6-8-15(9-7-14)16-4-3-5-17(20)11-16/h3-9,11,13,18H,10H2,1-2H3,(H,22,23)/t13-,18-/m0/s1. The predicted octanol–water partition coefficient (Wildman–Crippen LogP) is 4.00. The summed E-state index contributed by atoms with van der Waals surface area (Å²) in [6.07, 6.45) is -1.60. The molecule has 4 nitrogen and oxygen atoms in total. The normalized spacial score (nSPS) is 13.3. The number of hydrogen-bond acceptors (Lipinski definition) is 3. The molecule has 0 amide bonds. The number of carbonyl (C=O) groups excluding carboxylic acids is 1. The molecule has 0 bridgehead atoms. The summed E-state index contributed by atoms with van der Waals surface area (Å²) in [5.41, 5.74) is 2.81. The second-order valence-corrected chi connectivity index (χ2v) is 6.06. The number of ketones is 1. The minimum atomic E-state index is -1.08. The lowest BCUT2D eigenvalue weighted by Gasteiger charge is -2.17. The van der Waals surface area contributed by atoms with E-state index in [1.165, 1.54) is 6.92 Å². The van der Waals surface area contributed by atoms with Gasteiger partial charge in [0.05, 0.1) is 0 Å². The molecule has 0 aliphatic rings. The number of benzene rings is 2. The largest absolute Gasteiger partial charge is 0.479 e. The zero-order valence-electron chi connectivity index (χ0n) is 13.5. The van der Waals surface area contributed by atoms with E-state index in [-0.39, 0.29) is 12.2 Å². The first-order valence-corrected chi connectivity index (χ1v) is 7.98. The fourth-order valence-electron chi connectivity index (χ4n) is 2.25. The van der Waals surface area contributed by atoms with Gasteiger partial charge in [0.25, 0.3) is 0 Å². The van der Waals surface area contributed by atoms with Crippen molar-refractivity contribution < 1.29 is 19.4 Å². The van der Waals surface area contributed by atoms with E-state index in [9.17, 15) is 14.7 Å². The highest BCUT2D eigenvalue weighted by molar-refractivity contribution is 6.30. The molecular weight excluding hydrogens is 328 g/mol. The Kier molecular flexibility index (Phi) is 6.12. The van der Waals surface area contributed by atoms with Crippen molar-refractivity contribution in [1.29, 1.82) is 0 Å². The van der Waals surface area contributed by atoms with E-state index in [4.69, 9.17) is 16.3 Å². The van der Waals surface area contributed by atoms with Crippen LogP contribution in [0.4, 0.5) is 0 Å². The van der Waals surface area contributed by atoms with Crippen molar-refractivity contribution in [2.24, 2.45) is 0 Å². The van der Waals surface area contributed by atoms with Crippen LogP contribution in [0.15, 0.2) is 48.5 Å². The van der Waals surface area contributed by atoms with Crippen molar-refractivity contribution in [3.63, 3.8) is 0 Å². The van der Waals surface area contributed by atoms with E-state index < -0.39 is 18.2 Å². The van der Waals surface area contributed by atoms with Crippen LogP contribution >= 0.6 is 11.6 Å². The lowest BCUT2D eigenvalue weighted by Crippen LogP contribution is -2.33. The second-order valence-electron chi connectivity index (χ2n) is 5.63. The van der Waals surface area contributed by atoms with Crippen LogP contribution in [-0.2, 0) is 20.7 Å². The Morgan fingerprint density at radius 1 is 1.12 bits per heavy atom. The topological polar surface area (TPSA) is 63.6 Å². The molecule has 0 fully saturated rings. The molecule has 2 aromatic carbocycles. The van der Waals surface area contributed by atoms with E-state index in [0.717, 1.165) is 16.7 Å². The Morgan fingerprint density at radius 3 is 2.33 bits per heavy atom. The monoisotopic (exact) mass is 346 g/mol. The summed E-state index contributed by atoms with van der Waals surface area (Å²) in [7, 11) is 0. The lowest BCUT2D eigenvalue weighted by molar-refractivity contribution is -0.156. The van der Waals surface area contributed by atoms with E-state index in [1.807, 2.05) is 48.5 Å². The number of carboxylic acid groups (broad SMARTS) is 1. The average molecular weight is 347 g/mol. The van der Waals surface area contributed by atoms with Gasteiger partial charge in [-0.25, -0.2) is 4.79 Å². The third-order valence-corrected chi connectivity index (χ3v) is 3.98. The molecule has 24 heavy (non-hydrogen) atoms. The van der Waals surface area contributed by atoms with Crippen molar-refractivity contribution in [1.82, 2.24) is 0 Å². The third kappa shape index (κ3) is 4.91. The number of ether oxygens (including phenoxy) is 1. The molecule has 0 aromatic heterocycles. The van der Waals surface area contributed by atoms with Crippen LogP contribution in [0.5, 0.6) is 0 Å².